The van der Waals surface area contributed by atoms with E-state index in [0.29, 0.717) is 5.69 Å². The van der Waals surface area contributed by atoms with E-state index < -0.39 is 4.75 Å². The van der Waals surface area contributed by atoms with Gasteiger partial charge in [0.15, 0.2) is 0 Å². The number of nitriles is 1. The molecule has 6 heteroatoms. The smallest absolute Gasteiger partial charge is 0.274 e. The van der Waals surface area contributed by atoms with Gasteiger partial charge in [-0.15, -0.1) is 23.1 Å². The van der Waals surface area contributed by atoms with Crippen LogP contribution in [0.4, 0.5) is 0 Å². The van der Waals surface area contributed by atoms with Gasteiger partial charge in [0.05, 0.1) is 21.2 Å². The molecule has 3 aromatic carbocycles. The largest absolute Gasteiger partial charge is 0.327 e. The lowest BCUT2D eigenvalue weighted by atomic mass is 9.84. The Bertz CT molecular complexity index is 1200. The van der Waals surface area contributed by atoms with Crippen molar-refractivity contribution < 1.29 is 4.79 Å². The molecular formula is C28H23N3OS2. The normalized spacial score (nSPS) is 11.3. The lowest BCUT2D eigenvalue weighted by molar-refractivity contribution is 0.0807. The molecule has 4 nitrogen and oxygen atoms in total. The van der Waals surface area contributed by atoms with Crippen LogP contribution in [-0.2, 0) is 4.75 Å². The minimum Gasteiger partial charge on any atom is -0.327 e. The minimum atomic E-state index is -0.479. The van der Waals surface area contributed by atoms with Gasteiger partial charge in [-0.25, -0.2) is 4.98 Å². The molecule has 0 aliphatic heterocycles. The first kappa shape index (κ1) is 23.5. The maximum absolute atomic E-state index is 12.7. The fourth-order valence-corrected chi connectivity index (χ4v) is 5.79. The zero-order valence-electron chi connectivity index (χ0n) is 18.7. The van der Waals surface area contributed by atoms with Crippen LogP contribution in [0, 0.1) is 11.3 Å². The molecule has 0 aliphatic carbocycles. The number of amides is 1. The van der Waals surface area contributed by atoms with Crippen molar-refractivity contribution in [1.29, 1.82) is 5.26 Å². The molecule has 0 atom stereocenters. The van der Waals surface area contributed by atoms with Crippen molar-refractivity contribution in [3.8, 4) is 6.07 Å². The molecule has 0 aliphatic rings. The molecule has 4 rings (SSSR count). The fourth-order valence-electron chi connectivity index (χ4n) is 3.81. The molecule has 0 N–H and O–H groups in total. The summed E-state index contributed by atoms with van der Waals surface area (Å²) in [7, 11) is 1.61. The lowest BCUT2D eigenvalue weighted by Crippen LogP contribution is -2.27. The molecule has 34 heavy (non-hydrogen) atoms. The fraction of sp³-hybridized carbons (Fsp3) is 0.107. The minimum absolute atomic E-state index is 0.0212. The highest BCUT2D eigenvalue weighted by Crippen LogP contribution is 2.49. The number of hydrogen-bond donors (Lipinski definition) is 0. The molecular weight excluding hydrogens is 458 g/mol. The van der Waals surface area contributed by atoms with Gasteiger partial charge in [-0.3, -0.25) is 4.79 Å². The average molecular weight is 482 g/mol. The number of rotatable bonds is 8. The zero-order valence-corrected chi connectivity index (χ0v) is 20.3. The van der Waals surface area contributed by atoms with E-state index in [1.54, 1.807) is 24.3 Å². The van der Waals surface area contributed by atoms with Gasteiger partial charge in [-0.1, -0.05) is 91.0 Å². The molecule has 0 spiro atoms. The highest BCUT2D eigenvalue weighted by Gasteiger charge is 2.36. The van der Waals surface area contributed by atoms with E-state index >= 15 is 0 Å². The van der Waals surface area contributed by atoms with Crippen molar-refractivity contribution in [3.05, 3.63) is 129 Å². The first-order valence-electron chi connectivity index (χ1n) is 10.7. The summed E-state index contributed by atoms with van der Waals surface area (Å²) in [5.41, 5.74) is 5.52. The topological polar surface area (TPSA) is 57.0 Å². The third-order valence-electron chi connectivity index (χ3n) is 5.46. The number of benzene rings is 3. The highest BCUT2D eigenvalue weighted by atomic mass is 32.2. The standard InChI is InChI=1S/C28H23N3OS2/c1-31(19-18-29)27(32)26-25(33-21-30-26)17-20-34-28(22-11-5-2-6-12-22,23-13-7-3-8-14-23)24-15-9-4-10-16-24/h2-17,20-21H,19H2,1H3/b20-17-. The predicted octanol–water partition coefficient (Wildman–Crippen LogP) is 6.43. The summed E-state index contributed by atoms with van der Waals surface area (Å²) < 4.78 is -0.479. The van der Waals surface area contributed by atoms with E-state index in [9.17, 15) is 4.79 Å². The maximum atomic E-state index is 12.7. The summed E-state index contributed by atoms with van der Waals surface area (Å²) in [6, 6.07) is 33.4. The number of aromatic nitrogens is 1. The summed E-state index contributed by atoms with van der Waals surface area (Å²) in [6.45, 7) is 0.0212. The molecule has 4 aromatic rings. The van der Waals surface area contributed by atoms with Crippen molar-refractivity contribution in [2.45, 2.75) is 4.75 Å². The van der Waals surface area contributed by atoms with Crippen molar-refractivity contribution in [2.24, 2.45) is 0 Å². The number of thiazole rings is 1. The van der Waals surface area contributed by atoms with E-state index in [0.717, 1.165) is 21.6 Å². The Morgan fingerprint density at radius 3 is 1.94 bits per heavy atom. The molecule has 0 saturated heterocycles. The number of carbonyl (C=O) groups is 1. The van der Waals surface area contributed by atoms with Gasteiger partial charge >= 0.3 is 0 Å². The number of hydrogen-bond acceptors (Lipinski definition) is 5. The highest BCUT2D eigenvalue weighted by molar-refractivity contribution is 8.03. The van der Waals surface area contributed by atoms with Crippen molar-refractivity contribution in [3.63, 3.8) is 0 Å². The van der Waals surface area contributed by atoms with E-state index in [1.807, 2.05) is 35.8 Å². The Morgan fingerprint density at radius 1 is 0.971 bits per heavy atom. The van der Waals surface area contributed by atoms with Gasteiger partial charge in [0.25, 0.3) is 5.91 Å². The van der Waals surface area contributed by atoms with Gasteiger partial charge < -0.3 is 4.90 Å². The van der Waals surface area contributed by atoms with Crippen LogP contribution in [-0.4, -0.2) is 29.4 Å². The maximum Gasteiger partial charge on any atom is 0.274 e. The molecule has 1 amide bonds. The molecule has 0 bridgehead atoms. The van der Waals surface area contributed by atoms with E-state index in [2.05, 4.69) is 77.8 Å². The quantitative estimate of drug-likeness (QED) is 0.215. The lowest BCUT2D eigenvalue weighted by Gasteiger charge is -2.34. The molecule has 1 aromatic heterocycles. The van der Waals surface area contributed by atoms with Gasteiger partial charge in [0, 0.05) is 7.05 Å². The number of carbonyl (C=O) groups excluding carboxylic acids is 1. The van der Waals surface area contributed by atoms with Gasteiger partial charge in [-0.05, 0) is 28.2 Å². The Labute approximate surface area is 208 Å². The van der Waals surface area contributed by atoms with Crippen LogP contribution in [0.15, 0.2) is 102 Å². The monoisotopic (exact) mass is 481 g/mol. The molecule has 0 fully saturated rings. The predicted molar refractivity (Wildman–Crippen MR) is 141 cm³/mol. The average Bonchev–Trinajstić information content (AvgIpc) is 3.36. The van der Waals surface area contributed by atoms with Crippen molar-refractivity contribution >= 4 is 35.1 Å². The number of thioether (sulfide) groups is 1. The third kappa shape index (κ3) is 4.81. The molecule has 0 radical (unpaired) electrons. The molecule has 0 unspecified atom stereocenters. The second-order valence-electron chi connectivity index (χ2n) is 7.58. The second-order valence-corrected chi connectivity index (χ2v) is 9.59. The third-order valence-corrected chi connectivity index (χ3v) is 7.58. The summed E-state index contributed by atoms with van der Waals surface area (Å²) in [6.07, 6.45) is 1.94. The van der Waals surface area contributed by atoms with Crippen molar-refractivity contribution in [2.75, 3.05) is 13.6 Å². The Kier molecular flexibility index (Phi) is 7.58. The van der Waals surface area contributed by atoms with Crippen LogP contribution < -0.4 is 0 Å². The Balaban J connectivity index is 1.77. The first-order chi connectivity index (χ1) is 16.7. The van der Waals surface area contributed by atoms with Gasteiger partial charge in [0.2, 0.25) is 0 Å². The van der Waals surface area contributed by atoms with E-state index in [1.165, 1.54) is 16.2 Å². The first-order valence-corrected chi connectivity index (χ1v) is 12.5. The SMILES string of the molecule is CN(CC#N)C(=O)c1ncsc1/C=C\SC(c1ccccc1)(c1ccccc1)c1ccccc1. The zero-order chi connectivity index (χ0) is 23.8. The number of nitrogens with zero attached hydrogens (tertiary/aromatic N) is 3. The van der Waals surface area contributed by atoms with Crippen LogP contribution in [0.3, 0.4) is 0 Å². The van der Waals surface area contributed by atoms with Crippen LogP contribution in [0.2, 0.25) is 0 Å². The molecule has 168 valence electrons. The van der Waals surface area contributed by atoms with Crippen molar-refractivity contribution in [1.82, 2.24) is 9.88 Å². The summed E-state index contributed by atoms with van der Waals surface area (Å²) >= 11 is 3.10. The second kappa shape index (κ2) is 11.0. The Hall–Kier alpha value is -3.66. The van der Waals surface area contributed by atoms with Crippen LogP contribution in [0.25, 0.3) is 6.08 Å². The molecule has 1 heterocycles. The van der Waals surface area contributed by atoms with Crippen LogP contribution in [0.1, 0.15) is 32.1 Å². The summed E-state index contributed by atoms with van der Waals surface area (Å²) in [5.74, 6) is -0.257. The van der Waals surface area contributed by atoms with Gasteiger partial charge in [-0.2, -0.15) is 5.26 Å². The summed E-state index contributed by atoms with van der Waals surface area (Å²) in [4.78, 5) is 19.1. The van der Waals surface area contributed by atoms with Crippen LogP contribution in [0.5, 0.6) is 0 Å². The van der Waals surface area contributed by atoms with E-state index in [-0.39, 0.29) is 12.5 Å². The van der Waals surface area contributed by atoms with E-state index in [4.69, 9.17) is 5.26 Å². The molecule has 0 saturated carbocycles. The Morgan fingerprint density at radius 2 is 1.47 bits per heavy atom. The van der Waals surface area contributed by atoms with Gasteiger partial charge in [0.1, 0.15) is 12.2 Å². The van der Waals surface area contributed by atoms with Crippen LogP contribution >= 0.6 is 23.1 Å². The summed E-state index contributed by atoms with van der Waals surface area (Å²) in [5, 5.41) is 11.0.